The second-order valence-electron chi connectivity index (χ2n) is 10.1. The summed E-state index contributed by atoms with van der Waals surface area (Å²) >= 11 is 6.26. The summed E-state index contributed by atoms with van der Waals surface area (Å²) in [5.74, 6) is 0.944. The van der Waals surface area contributed by atoms with Crippen molar-refractivity contribution < 1.29 is 4.84 Å². The molecule has 37 heavy (non-hydrogen) atoms. The average molecular weight is 518 g/mol. The van der Waals surface area contributed by atoms with E-state index in [1.165, 1.54) is 17.4 Å². The molecule has 2 heterocycles. The van der Waals surface area contributed by atoms with Crippen LogP contribution in [-0.4, -0.2) is 34.5 Å². The Morgan fingerprint density at radius 1 is 1.16 bits per heavy atom. The summed E-state index contributed by atoms with van der Waals surface area (Å²) < 4.78 is 1.48. The fourth-order valence-corrected chi connectivity index (χ4v) is 5.63. The SMILES string of the molecule is CCN(c1c(C#N)c(=O)n(C)c2ccc(Cl)nc12)[C@H]1CC[C@H](/C(=N/OCC2CC2)c2ccccc2)CC1. The zero-order valence-corrected chi connectivity index (χ0v) is 22.1. The summed E-state index contributed by atoms with van der Waals surface area (Å²) in [5, 5.41) is 15.0. The number of fused-ring (bicyclic) bond motifs is 1. The molecule has 0 spiro atoms. The number of benzene rings is 1. The molecule has 0 unspecified atom stereocenters. The molecule has 0 radical (unpaired) electrons. The third-order valence-corrected chi connectivity index (χ3v) is 7.89. The van der Waals surface area contributed by atoms with Crippen LogP contribution >= 0.6 is 11.6 Å². The van der Waals surface area contributed by atoms with E-state index >= 15 is 0 Å². The molecule has 0 N–H and O–H groups in total. The van der Waals surface area contributed by atoms with Crippen LogP contribution in [0.25, 0.3) is 11.0 Å². The van der Waals surface area contributed by atoms with Gasteiger partial charge in [0.25, 0.3) is 5.56 Å². The van der Waals surface area contributed by atoms with Gasteiger partial charge in [0.2, 0.25) is 0 Å². The van der Waals surface area contributed by atoms with E-state index in [9.17, 15) is 10.1 Å². The summed E-state index contributed by atoms with van der Waals surface area (Å²) in [6, 6.07) is 16.1. The van der Waals surface area contributed by atoms with Gasteiger partial charge in [0.15, 0.2) is 0 Å². The minimum absolute atomic E-state index is 0.119. The number of hydrogen-bond donors (Lipinski definition) is 0. The summed E-state index contributed by atoms with van der Waals surface area (Å²) in [6.45, 7) is 3.41. The van der Waals surface area contributed by atoms with Crippen LogP contribution in [0.5, 0.6) is 0 Å². The highest BCUT2D eigenvalue weighted by molar-refractivity contribution is 6.29. The van der Waals surface area contributed by atoms with Crippen molar-refractivity contribution in [2.45, 2.75) is 51.5 Å². The lowest BCUT2D eigenvalue weighted by Gasteiger charge is -2.38. The van der Waals surface area contributed by atoms with Gasteiger partial charge in [0, 0.05) is 25.6 Å². The van der Waals surface area contributed by atoms with Gasteiger partial charge in [-0.25, -0.2) is 4.98 Å². The summed E-state index contributed by atoms with van der Waals surface area (Å²) in [6.07, 6.45) is 6.18. The largest absolute Gasteiger partial charge is 0.395 e. The van der Waals surface area contributed by atoms with Gasteiger partial charge in [-0.15, -0.1) is 0 Å². The Morgan fingerprint density at radius 2 is 1.89 bits per heavy atom. The van der Waals surface area contributed by atoms with Crippen LogP contribution in [-0.2, 0) is 11.9 Å². The van der Waals surface area contributed by atoms with Crippen LogP contribution in [0.2, 0.25) is 5.15 Å². The summed E-state index contributed by atoms with van der Waals surface area (Å²) in [7, 11) is 1.67. The van der Waals surface area contributed by atoms with E-state index in [-0.39, 0.29) is 17.2 Å². The molecule has 1 aromatic carbocycles. The first-order valence-corrected chi connectivity index (χ1v) is 13.5. The number of anilines is 1. The molecule has 0 aliphatic heterocycles. The summed E-state index contributed by atoms with van der Waals surface area (Å²) in [5.41, 5.74) is 3.79. The second-order valence-corrected chi connectivity index (χ2v) is 10.5. The second kappa shape index (κ2) is 10.9. The Bertz CT molecular complexity index is 1400. The predicted octanol–water partition coefficient (Wildman–Crippen LogP) is 5.67. The Morgan fingerprint density at radius 3 is 2.54 bits per heavy atom. The molecule has 0 atom stereocenters. The number of aromatic nitrogens is 2. The number of nitriles is 1. The zero-order valence-electron chi connectivity index (χ0n) is 21.4. The Hall–Kier alpha value is -3.37. The highest BCUT2D eigenvalue weighted by Crippen LogP contribution is 2.36. The van der Waals surface area contributed by atoms with Crippen molar-refractivity contribution in [3.05, 3.63) is 69.1 Å². The highest BCUT2D eigenvalue weighted by Gasteiger charge is 2.32. The molecule has 192 valence electrons. The number of pyridine rings is 2. The molecular formula is C29H32ClN5O2. The first-order valence-electron chi connectivity index (χ1n) is 13.1. The number of hydrogen-bond acceptors (Lipinski definition) is 6. The molecule has 2 aliphatic carbocycles. The molecule has 3 aromatic rings. The first kappa shape index (κ1) is 25.3. The van der Waals surface area contributed by atoms with E-state index in [4.69, 9.17) is 16.4 Å². The Kier molecular flexibility index (Phi) is 7.48. The Balaban J connectivity index is 1.43. The lowest BCUT2D eigenvalue weighted by atomic mass is 9.80. The van der Waals surface area contributed by atoms with Gasteiger partial charge in [-0.1, -0.05) is 47.1 Å². The molecule has 0 bridgehead atoms. The molecule has 8 heteroatoms. The van der Waals surface area contributed by atoms with Crippen molar-refractivity contribution in [2.75, 3.05) is 18.1 Å². The van der Waals surface area contributed by atoms with Crippen LogP contribution in [0.15, 0.2) is 52.4 Å². The quantitative estimate of drug-likeness (QED) is 0.218. The minimum atomic E-state index is -0.312. The molecule has 0 amide bonds. The van der Waals surface area contributed by atoms with Crippen LogP contribution < -0.4 is 10.5 Å². The van der Waals surface area contributed by atoms with Gasteiger partial charge in [-0.2, -0.15) is 5.26 Å². The molecule has 7 nitrogen and oxygen atoms in total. The molecule has 2 aliphatic rings. The van der Waals surface area contributed by atoms with Gasteiger partial charge in [0.05, 0.1) is 16.9 Å². The van der Waals surface area contributed by atoms with E-state index in [2.05, 4.69) is 40.2 Å². The first-order chi connectivity index (χ1) is 18.0. The lowest BCUT2D eigenvalue weighted by molar-refractivity contribution is 0.131. The topological polar surface area (TPSA) is 83.5 Å². The van der Waals surface area contributed by atoms with Gasteiger partial charge >= 0.3 is 0 Å². The standard InChI is InChI=1S/C29H32ClN5O2/c1-3-35(28-23(17-31)29(36)34(2)24-15-16-25(30)32-27(24)28)22-13-11-21(12-14-22)26(20-7-5-4-6-8-20)33-37-18-19-9-10-19/h4-8,15-16,19,21-22H,3,9-14,18H2,1-2H3/b33-26+/t21-,22-. The van der Waals surface area contributed by atoms with Crippen molar-refractivity contribution in [3.8, 4) is 6.07 Å². The number of oxime groups is 1. The highest BCUT2D eigenvalue weighted by atomic mass is 35.5. The van der Waals surface area contributed by atoms with Crippen LogP contribution in [0.3, 0.4) is 0 Å². The molecule has 2 saturated carbocycles. The predicted molar refractivity (Wildman–Crippen MR) is 147 cm³/mol. The van der Waals surface area contributed by atoms with E-state index in [0.29, 0.717) is 46.9 Å². The normalized spacial score (nSPS) is 20.0. The van der Waals surface area contributed by atoms with Gasteiger partial charge in [-0.05, 0) is 69.1 Å². The lowest BCUT2D eigenvalue weighted by Crippen LogP contribution is -2.41. The van der Waals surface area contributed by atoms with E-state index < -0.39 is 0 Å². The van der Waals surface area contributed by atoms with Crippen molar-refractivity contribution >= 4 is 34.0 Å². The fourth-order valence-electron chi connectivity index (χ4n) is 5.48. The van der Waals surface area contributed by atoms with E-state index in [1.807, 2.05) is 18.2 Å². The van der Waals surface area contributed by atoms with Gasteiger partial charge in [0.1, 0.15) is 28.9 Å². The van der Waals surface area contributed by atoms with Gasteiger partial charge in [-0.3, -0.25) is 4.79 Å². The molecule has 2 fully saturated rings. The number of nitrogens with zero attached hydrogens (tertiary/aromatic N) is 5. The maximum atomic E-state index is 13.1. The van der Waals surface area contributed by atoms with Crippen molar-refractivity contribution in [2.24, 2.45) is 24.0 Å². The fraction of sp³-hybridized carbons (Fsp3) is 0.448. The van der Waals surface area contributed by atoms with Crippen LogP contribution in [0.1, 0.15) is 56.6 Å². The number of rotatable bonds is 8. The van der Waals surface area contributed by atoms with Crippen molar-refractivity contribution in [1.82, 2.24) is 9.55 Å². The maximum Gasteiger partial charge on any atom is 0.270 e. The summed E-state index contributed by atoms with van der Waals surface area (Å²) in [4.78, 5) is 25.6. The van der Waals surface area contributed by atoms with Crippen LogP contribution in [0, 0.1) is 23.2 Å². The molecule has 5 rings (SSSR count). The van der Waals surface area contributed by atoms with Crippen LogP contribution in [0.4, 0.5) is 5.69 Å². The minimum Gasteiger partial charge on any atom is -0.395 e. The zero-order chi connectivity index (χ0) is 25.9. The van der Waals surface area contributed by atoms with Crippen molar-refractivity contribution in [3.63, 3.8) is 0 Å². The molecule has 0 saturated heterocycles. The maximum absolute atomic E-state index is 13.1. The van der Waals surface area contributed by atoms with Crippen molar-refractivity contribution in [1.29, 1.82) is 5.26 Å². The third-order valence-electron chi connectivity index (χ3n) is 7.68. The van der Waals surface area contributed by atoms with E-state index in [1.54, 1.807) is 19.2 Å². The number of aryl methyl sites for hydroxylation is 1. The van der Waals surface area contributed by atoms with Gasteiger partial charge < -0.3 is 14.3 Å². The third kappa shape index (κ3) is 5.21. The molecular weight excluding hydrogens is 486 g/mol. The average Bonchev–Trinajstić information content (AvgIpc) is 3.75. The number of halogens is 1. The smallest absolute Gasteiger partial charge is 0.270 e. The Labute approximate surface area is 222 Å². The monoisotopic (exact) mass is 517 g/mol. The molecule has 2 aromatic heterocycles. The van der Waals surface area contributed by atoms with E-state index in [0.717, 1.165) is 37.0 Å².